The van der Waals surface area contributed by atoms with Crippen molar-refractivity contribution in [3.05, 3.63) is 28.8 Å². The van der Waals surface area contributed by atoms with E-state index in [4.69, 9.17) is 4.74 Å². The van der Waals surface area contributed by atoms with E-state index >= 15 is 0 Å². The lowest BCUT2D eigenvalue weighted by Crippen LogP contribution is -2.31. The topological polar surface area (TPSA) is 79.5 Å². The molecule has 2 amide bonds. The second-order valence-electron chi connectivity index (χ2n) is 5.76. The van der Waals surface area contributed by atoms with Crippen LogP contribution in [-0.2, 0) is 20.6 Å². The number of benzene rings is 1. The summed E-state index contributed by atoms with van der Waals surface area (Å²) >= 11 is 0. The third-order valence-electron chi connectivity index (χ3n) is 3.67. The molecule has 0 unspecified atom stereocenters. The molecule has 132 valence electrons. The molecule has 0 radical (unpaired) electrons. The maximum absolute atomic E-state index is 12.1. The molecule has 0 saturated carbocycles. The van der Waals surface area contributed by atoms with E-state index in [1.54, 1.807) is 0 Å². The van der Waals surface area contributed by atoms with Gasteiger partial charge in [-0.3, -0.25) is 9.59 Å². The molecular formula is C17H28BN3O3. The van der Waals surface area contributed by atoms with Gasteiger partial charge in [-0.05, 0) is 32.0 Å². The summed E-state index contributed by atoms with van der Waals surface area (Å²) in [5.74, 6) is -0.319. The number of aryl methyl sites for hydroxylation is 2. The molecule has 3 N–H and O–H groups in total. The highest BCUT2D eigenvalue weighted by atomic mass is 16.5. The Morgan fingerprint density at radius 2 is 1.79 bits per heavy atom. The quantitative estimate of drug-likeness (QED) is 0.420. The summed E-state index contributed by atoms with van der Waals surface area (Å²) in [4.78, 5) is 23.6. The van der Waals surface area contributed by atoms with E-state index in [0.717, 1.165) is 23.1 Å². The van der Waals surface area contributed by atoms with E-state index in [9.17, 15) is 9.59 Å². The molecule has 0 aliphatic heterocycles. The second-order valence-corrected chi connectivity index (χ2v) is 5.76. The van der Waals surface area contributed by atoms with Crippen molar-refractivity contribution in [1.29, 1.82) is 0 Å². The van der Waals surface area contributed by atoms with Crippen molar-refractivity contribution in [1.82, 2.24) is 10.6 Å². The molecule has 0 atom stereocenters. The van der Waals surface area contributed by atoms with Crippen LogP contribution in [0.4, 0.5) is 5.69 Å². The van der Waals surface area contributed by atoms with Gasteiger partial charge in [0.2, 0.25) is 11.8 Å². The summed E-state index contributed by atoms with van der Waals surface area (Å²) in [5, 5.41) is 8.54. The van der Waals surface area contributed by atoms with Gasteiger partial charge >= 0.3 is 0 Å². The molecular weight excluding hydrogens is 305 g/mol. The number of carbonyl (C=O) groups excluding carboxylic acids is 2. The van der Waals surface area contributed by atoms with Crippen LogP contribution in [0.5, 0.6) is 0 Å². The summed E-state index contributed by atoms with van der Waals surface area (Å²) in [6.45, 7) is 5.48. The maximum atomic E-state index is 12.1. The second kappa shape index (κ2) is 10.8. The number of ether oxygens (including phenoxy) is 1. The van der Waals surface area contributed by atoms with Gasteiger partial charge in [0.05, 0.1) is 6.61 Å². The van der Waals surface area contributed by atoms with Crippen LogP contribution < -0.4 is 16.0 Å². The number of amides is 2. The summed E-state index contributed by atoms with van der Waals surface area (Å²) in [6, 6.07) is 4.18. The number of anilines is 1. The maximum Gasteiger partial charge on any atom is 0.246 e. The van der Waals surface area contributed by atoms with Crippen LogP contribution in [-0.4, -0.2) is 53.0 Å². The van der Waals surface area contributed by atoms with Crippen molar-refractivity contribution in [3.8, 4) is 0 Å². The molecule has 0 aliphatic carbocycles. The monoisotopic (exact) mass is 333 g/mol. The first-order valence-corrected chi connectivity index (χ1v) is 8.37. The highest BCUT2D eigenvalue weighted by Crippen LogP contribution is 2.22. The molecule has 0 bridgehead atoms. The van der Waals surface area contributed by atoms with Gasteiger partial charge in [0.15, 0.2) is 0 Å². The van der Waals surface area contributed by atoms with Crippen LogP contribution in [0.2, 0.25) is 0 Å². The smallest absolute Gasteiger partial charge is 0.246 e. The average Bonchev–Trinajstić information content (AvgIpc) is 2.54. The normalized spacial score (nSPS) is 10.5. The van der Waals surface area contributed by atoms with E-state index in [0.29, 0.717) is 19.7 Å². The van der Waals surface area contributed by atoms with Gasteiger partial charge in [0.1, 0.15) is 14.5 Å². The fraction of sp³-hybridized carbons (Fsp3) is 0.529. The number of carbonyl (C=O) groups is 2. The first-order valence-electron chi connectivity index (χ1n) is 8.37. The molecule has 1 aromatic carbocycles. The molecule has 1 rings (SSSR count). The zero-order valence-corrected chi connectivity index (χ0v) is 15.1. The van der Waals surface area contributed by atoms with Crippen LogP contribution in [0.3, 0.4) is 0 Å². The highest BCUT2D eigenvalue weighted by Gasteiger charge is 2.09. The van der Waals surface area contributed by atoms with Crippen LogP contribution in [0, 0.1) is 13.8 Å². The van der Waals surface area contributed by atoms with E-state index in [1.165, 1.54) is 5.56 Å². The minimum absolute atomic E-state index is 0.0139. The Kier molecular flexibility index (Phi) is 9.11. The van der Waals surface area contributed by atoms with E-state index in [2.05, 4.69) is 35.9 Å². The largest absolute Gasteiger partial charge is 0.370 e. The minimum Gasteiger partial charge on any atom is -0.370 e. The SMILES string of the molecule is BCc1cc(C)c(NC(=O)CCNC(=O)COCCNC)c(C)c1. The van der Waals surface area contributed by atoms with E-state index in [1.807, 2.05) is 20.9 Å². The third kappa shape index (κ3) is 7.15. The Morgan fingerprint density at radius 1 is 1.12 bits per heavy atom. The summed E-state index contributed by atoms with van der Waals surface area (Å²) in [5.41, 5.74) is 4.23. The molecule has 6 nitrogen and oxygen atoms in total. The Morgan fingerprint density at radius 3 is 2.38 bits per heavy atom. The number of hydrogen-bond donors (Lipinski definition) is 3. The Labute approximate surface area is 145 Å². The van der Waals surface area contributed by atoms with Crippen molar-refractivity contribution >= 4 is 25.3 Å². The van der Waals surface area contributed by atoms with Crippen molar-refractivity contribution in [2.24, 2.45) is 0 Å². The molecule has 0 fully saturated rings. The Balaban J connectivity index is 2.36. The fourth-order valence-corrected chi connectivity index (χ4v) is 2.36. The minimum atomic E-state index is -0.210. The van der Waals surface area contributed by atoms with Crippen LogP contribution in [0.1, 0.15) is 23.1 Å². The highest BCUT2D eigenvalue weighted by molar-refractivity contribution is 6.08. The van der Waals surface area contributed by atoms with Crippen LogP contribution >= 0.6 is 0 Å². The van der Waals surface area contributed by atoms with Gasteiger partial charge in [-0.25, -0.2) is 0 Å². The van der Waals surface area contributed by atoms with Crippen molar-refractivity contribution in [2.45, 2.75) is 26.6 Å². The van der Waals surface area contributed by atoms with E-state index in [-0.39, 0.29) is 24.8 Å². The molecule has 0 saturated heterocycles. The van der Waals surface area contributed by atoms with Gasteiger partial charge in [-0.1, -0.05) is 24.0 Å². The third-order valence-corrected chi connectivity index (χ3v) is 3.67. The summed E-state index contributed by atoms with van der Waals surface area (Å²) in [6.07, 6.45) is 1.20. The number of nitrogens with one attached hydrogen (secondary N) is 3. The van der Waals surface area contributed by atoms with Crippen molar-refractivity contribution in [3.63, 3.8) is 0 Å². The van der Waals surface area contributed by atoms with Gasteiger partial charge in [0, 0.05) is 25.2 Å². The van der Waals surface area contributed by atoms with Crippen LogP contribution in [0.15, 0.2) is 12.1 Å². The number of likely N-dealkylation sites (N-methyl/N-ethyl adjacent to an activating group) is 1. The van der Waals surface area contributed by atoms with Gasteiger partial charge in [-0.2, -0.15) is 0 Å². The zero-order chi connectivity index (χ0) is 17.9. The predicted molar refractivity (Wildman–Crippen MR) is 99.2 cm³/mol. The lowest BCUT2D eigenvalue weighted by atomic mass is 9.93. The first kappa shape index (κ1) is 20.2. The Bertz CT molecular complexity index is 541. The van der Waals surface area contributed by atoms with Gasteiger partial charge in [-0.15, -0.1) is 0 Å². The molecule has 0 aromatic heterocycles. The van der Waals surface area contributed by atoms with Gasteiger partial charge in [0.25, 0.3) is 0 Å². The molecule has 7 heteroatoms. The molecule has 1 aromatic rings. The molecule has 0 spiro atoms. The molecule has 24 heavy (non-hydrogen) atoms. The number of hydrogen-bond acceptors (Lipinski definition) is 4. The van der Waals surface area contributed by atoms with E-state index < -0.39 is 0 Å². The molecule has 0 heterocycles. The first-order chi connectivity index (χ1) is 11.5. The zero-order valence-electron chi connectivity index (χ0n) is 15.1. The standard InChI is InChI=1S/C17H28BN3O3/c1-12-8-14(10-18)9-13(2)17(12)21-15(22)4-5-20-16(23)11-24-7-6-19-3/h8-9,19H,4-7,10-11,18H2,1-3H3,(H,20,23)(H,21,22). The fourth-order valence-electron chi connectivity index (χ4n) is 2.36. The number of rotatable bonds is 10. The lowest BCUT2D eigenvalue weighted by molar-refractivity contribution is -0.125. The van der Waals surface area contributed by atoms with Crippen LogP contribution in [0.25, 0.3) is 0 Å². The summed E-state index contributed by atoms with van der Waals surface area (Å²) in [7, 11) is 3.93. The molecule has 0 aliphatic rings. The predicted octanol–water partition coefficient (Wildman–Crippen LogP) is 0.117. The Hall–Kier alpha value is -1.86. The van der Waals surface area contributed by atoms with Crippen molar-refractivity contribution in [2.75, 3.05) is 38.7 Å². The summed E-state index contributed by atoms with van der Waals surface area (Å²) < 4.78 is 5.17. The van der Waals surface area contributed by atoms with Gasteiger partial charge < -0.3 is 20.7 Å². The van der Waals surface area contributed by atoms with Crippen molar-refractivity contribution < 1.29 is 14.3 Å². The average molecular weight is 333 g/mol. The lowest BCUT2D eigenvalue weighted by Gasteiger charge is -2.14.